The van der Waals surface area contributed by atoms with Crippen LogP contribution in [0.25, 0.3) is 0 Å². The number of nitrogens with one attached hydrogen (secondary N) is 1. The summed E-state index contributed by atoms with van der Waals surface area (Å²) in [6.07, 6.45) is 12.6. The van der Waals surface area contributed by atoms with Gasteiger partial charge in [-0.2, -0.15) is 0 Å². The molecule has 0 aliphatic heterocycles. The molecule has 1 N–H and O–H groups in total. The zero-order valence-electron chi connectivity index (χ0n) is 12.0. The van der Waals surface area contributed by atoms with Gasteiger partial charge in [-0.05, 0) is 43.9 Å². The molecule has 2 heteroatoms. The van der Waals surface area contributed by atoms with Gasteiger partial charge in [0.1, 0.15) is 0 Å². The molecule has 1 fully saturated rings. The molecule has 2 aliphatic carbocycles. The van der Waals surface area contributed by atoms with Crippen LogP contribution in [0.1, 0.15) is 52.4 Å². The second-order valence-corrected chi connectivity index (χ2v) is 6.11. The minimum Gasteiger partial charge on any atom is -0.377 e. The van der Waals surface area contributed by atoms with Crippen LogP contribution in [-0.2, 0) is 4.74 Å². The molecule has 1 saturated carbocycles. The van der Waals surface area contributed by atoms with Gasteiger partial charge in [0.2, 0.25) is 0 Å². The lowest BCUT2D eigenvalue weighted by molar-refractivity contribution is 0.0120. The van der Waals surface area contributed by atoms with Crippen molar-refractivity contribution in [3.8, 4) is 0 Å². The number of hydrogen-bond donors (Lipinski definition) is 1. The van der Waals surface area contributed by atoms with Crippen LogP contribution < -0.4 is 5.32 Å². The van der Waals surface area contributed by atoms with Gasteiger partial charge in [0.05, 0.1) is 12.7 Å². The Hall–Kier alpha value is -0.340. The van der Waals surface area contributed by atoms with Crippen molar-refractivity contribution in [3.05, 3.63) is 12.2 Å². The van der Waals surface area contributed by atoms with E-state index in [9.17, 15) is 0 Å². The van der Waals surface area contributed by atoms with Crippen molar-refractivity contribution >= 4 is 0 Å². The molecular weight excluding hydrogens is 222 g/mol. The van der Waals surface area contributed by atoms with Gasteiger partial charge in [-0.25, -0.2) is 0 Å². The molecule has 0 bridgehead atoms. The van der Waals surface area contributed by atoms with E-state index in [1.807, 2.05) is 0 Å². The first-order chi connectivity index (χ1) is 8.79. The zero-order chi connectivity index (χ0) is 12.8. The highest BCUT2D eigenvalue weighted by Crippen LogP contribution is 2.26. The molecule has 0 amide bonds. The van der Waals surface area contributed by atoms with E-state index in [-0.39, 0.29) is 0 Å². The van der Waals surface area contributed by atoms with Gasteiger partial charge in [0, 0.05) is 12.6 Å². The Morgan fingerprint density at radius 2 is 2.06 bits per heavy atom. The number of hydrogen-bond acceptors (Lipinski definition) is 2. The summed E-state index contributed by atoms with van der Waals surface area (Å²) in [6.45, 7) is 6.60. The van der Waals surface area contributed by atoms with Crippen molar-refractivity contribution in [2.45, 2.75) is 64.5 Å². The molecule has 0 aromatic carbocycles. The second kappa shape index (κ2) is 7.30. The Labute approximate surface area is 112 Å². The molecule has 0 aromatic rings. The van der Waals surface area contributed by atoms with Crippen LogP contribution in [0, 0.1) is 11.8 Å². The molecular formula is C16H29NO. The Bertz CT molecular complexity index is 260. The lowest BCUT2D eigenvalue weighted by Crippen LogP contribution is -2.33. The van der Waals surface area contributed by atoms with E-state index in [0.29, 0.717) is 6.10 Å². The summed E-state index contributed by atoms with van der Waals surface area (Å²) in [5, 5.41) is 3.60. The van der Waals surface area contributed by atoms with Gasteiger partial charge in [-0.15, -0.1) is 0 Å². The van der Waals surface area contributed by atoms with E-state index in [0.717, 1.165) is 31.0 Å². The normalized spacial score (nSPS) is 29.4. The standard InChI is InChI=1S/C16H29NO/c1-3-6-16(11-17-15-9-10-15)18-12-14-8-5-4-7-13(14)2/h4-5,13-17H,3,6-12H2,1-2H3. The van der Waals surface area contributed by atoms with Crippen molar-refractivity contribution in [1.82, 2.24) is 5.32 Å². The Kier molecular flexibility index (Phi) is 5.71. The molecule has 104 valence electrons. The van der Waals surface area contributed by atoms with Crippen LogP contribution in [0.5, 0.6) is 0 Å². The summed E-state index contributed by atoms with van der Waals surface area (Å²) in [7, 11) is 0. The van der Waals surface area contributed by atoms with Crippen LogP contribution in [0.15, 0.2) is 12.2 Å². The lowest BCUT2D eigenvalue weighted by atomic mass is 9.85. The molecule has 0 aromatic heterocycles. The smallest absolute Gasteiger partial charge is 0.0699 e. The van der Waals surface area contributed by atoms with Crippen molar-refractivity contribution < 1.29 is 4.74 Å². The van der Waals surface area contributed by atoms with Gasteiger partial charge in [-0.3, -0.25) is 0 Å². The molecule has 0 saturated heterocycles. The molecule has 3 atom stereocenters. The third kappa shape index (κ3) is 4.74. The first-order valence-electron chi connectivity index (χ1n) is 7.79. The minimum atomic E-state index is 0.425. The molecule has 2 nitrogen and oxygen atoms in total. The fourth-order valence-electron chi connectivity index (χ4n) is 2.65. The maximum Gasteiger partial charge on any atom is 0.0699 e. The minimum absolute atomic E-state index is 0.425. The fraction of sp³-hybridized carbons (Fsp3) is 0.875. The predicted molar refractivity (Wildman–Crippen MR) is 76.7 cm³/mol. The summed E-state index contributed by atoms with van der Waals surface area (Å²) in [5.41, 5.74) is 0. The number of rotatable bonds is 8. The van der Waals surface area contributed by atoms with E-state index < -0.39 is 0 Å². The fourth-order valence-corrected chi connectivity index (χ4v) is 2.65. The highest BCUT2D eigenvalue weighted by Gasteiger charge is 2.23. The van der Waals surface area contributed by atoms with E-state index >= 15 is 0 Å². The topological polar surface area (TPSA) is 21.3 Å². The third-order valence-corrected chi connectivity index (χ3v) is 4.29. The Morgan fingerprint density at radius 1 is 1.28 bits per heavy atom. The van der Waals surface area contributed by atoms with Crippen molar-refractivity contribution in [2.75, 3.05) is 13.2 Å². The van der Waals surface area contributed by atoms with Crippen molar-refractivity contribution in [3.63, 3.8) is 0 Å². The average molecular weight is 251 g/mol. The molecule has 0 radical (unpaired) electrons. The predicted octanol–water partition coefficient (Wildman–Crippen LogP) is 3.53. The van der Waals surface area contributed by atoms with Gasteiger partial charge in [0.15, 0.2) is 0 Å². The quantitative estimate of drug-likeness (QED) is 0.666. The van der Waals surface area contributed by atoms with Gasteiger partial charge < -0.3 is 10.1 Å². The van der Waals surface area contributed by atoms with Gasteiger partial charge in [0.25, 0.3) is 0 Å². The summed E-state index contributed by atoms with van der Waals surface area (Å²) in [5.74, 6) is 1.52. The number of ether oxygens (including phenoxy) is 1. The van der Waals surface area contributed by atoms with E-state index in [4.69, 9.17) is 4.74 Å². The summed E-state index contributed by atoms with van der Waals surface area (Å²) >= 11 is 0. The molecule has 2 rings (SSSR count). The highest BCUT2D eigenvalue weighted by atomic mass is 16.5. The second-order valence-electron chi connectivity index (χ2n) is 6.11. The lowest BCUT2D eigenvalue weighted by Gasteiger charge is -2.27. The summed E-state index contributed by atoms with van der Waals surface area (Å²) < 4.78 is 6.17. The largest absolute Gasteiger partial charge is 0.377 e. The van der Waals surface area contributed by atoms with E-state index in [1.165, 1.54) is 38.5 Å². The van der Waals surface area contributed by atoms with Gasteiger partial charge in [-0.1, -0.05) is 32.4 Å². The first kappa shape index (κ1) is 14.1. The molecule has 2 aliphatic rings. The molecule has 0 spiro atoms. The first-order valence-corrected chi connectivity index (χ1v) is 7.79. The summed E-state index contributed by atoms with van der Waals surface area (Å²) in [6, 6.07) is 0.796. The maximum absolute atomic E-state index is 6.17. The van der Waals surface area contributed by atoms with Crippen molar-refractivity contribution in [2.24, 2.45) is 11.8 Å². The third-order valence-electron chi connectivity index (χ3n) is 4.29. The SMILES string of the molecule is CCCC(CNC1CC1)OCC1CC=CCC1C. The Balaban J connectivity index is 1.68. The van der Waals surface area contributed by atoms with Crippen LogP contribution >= 0.6 is 0 Å². The number of allylic oxidation sites excluding steroid dienone is 2. The monoisotopic (exact) mass is 251 g/mol. The van der Waals surface area contributed by atoms with Crippen LogP contribution in [0.3, 0.4) is 0 Å². The van der Waals surface area contributed by atoms with E-state index in [2.05, 4.69) is 31.3 Å². The Morgan fingerprint density at radius 3 is 2.72 bits per heavy atom. The highest BCUT2D eigenvalue weighted by molar-refractivity contribution is 4.93. The molecule has 3 unspecified atom stereocenters. The van der Waals surface area contributed by atoms with Crippen LogP contribution in [-0.4, -0.2) is 25.3 Å². The van der Waals surface area contributed by atoms with E-state index in [1.54, 1.807) is 0 Å². The van der Waals surface area contributed by atoms with Crippen LogP contribution in [0.4, 0.5) is 0 Å². The van der Waals surface area contributed by atoms with Crippen LogP contribution in [0.2, 0.25) is 0 Å². The van der Waals surface area contributed by atoms with Gasteiger partial charge >= 0.3 is 0 Å². The zero-order valence-corrected chi connectivity index (χ0v) is 12.0. The summed E-state index contributed by atoms with van der Waals surface area (Å²) in [4.78, 5) is 0. The average Bonchev–Trinajstić information content (AvgIpc) is 3.18. The maximum atomic E-state index is 6.17. The van der Waals surface area contributed by atoms with Crippen molar-refractivity contribution in [1.29, 1.82) is 0 Å². The molecule has 18 heavy (non-hydrogen) atoms. The molecule has 0 heterocycles.